The van der Waals surface area contributed by atoms with Crippen LogP contribution in [-0.2, 0) is 15.7 Å². The smallest absolute Gasteiger partial charge is 0.333 e. The third-order valence-corrected chi connectivity index (χ3v) is 6.79. The first kappa shape index (κ1) is 15.2. The maximum absolute atomic E-state index is 11.5. The van der Waals surface area contributed by atoms with Crippen molar-refractivity contribution in [2.75, 3.05) is 20.2 Å². The Hall–Kier alpha value is -1.18. The van der Waals surface area contributed by atoms with Crippen molar-refractivity contribution >= 4 is 14.0 Å². The average Bonchev–Trinajstić information content (AvgIpc) is 2.43. The molecule has 1 saturated heterocycles. The Balaban J connectivity index is 1.97. The van der Waals surface area contributed by atoms with Crippen molar-refractivity contribution in [1.82, 2.24) is 4.67 Å². The molecule has 1 aliphatic rings. The van der Waals surface area contributed by atoms with Gasteiger partial charge in [0, 0.05) is 23.4 Å². The van der Waals surface area contributed by atoms with E-state index < -0.39 is 0 Å². The van der Waals surface area contributed by atoms with E-state index in [1.54, 1.807) is 6.92 Å². The van der Waals surface area contributed by atoms with Crippen LogP contribution in [0.2, 0.25) is 0 Å². The zero-order valence-corrected chi connectivity index (χ0v) is 13.3. The molecule has 1 aliphatic heterocycles. The topological polar surface area (TPSA) is 29.5 Å². The van der Waals surface area contributed by atoms with Gasteiger partial charge >= 0.3 is 5.97 Å². The minimum atomic E-state index is -0.304. The lowest BCUT2D eigenvalue weighted by molar-refractivity contribution is -0.140. The van der Waals surface area contributed by atoms with E-state index >= 15 is 0 Å². The molecule has 4 heteroatoms. The summed E-state index contributed by atoms with van der Waals surface area (Å²) in [6.45, 7) is 8.99. The molecule has 0 aliphatic carbocycles. The third-order valence-electron chi connectivity index (χ3n) is 3.64. The molecular formula is C16H22NO2P. The maximum atomic E-state index is 11.5. The third kappa shape index (κ3) is 3.28. The molecule has 1 aromatic carbocycles. The second-order valence-electron chi connectivity index (χ2n) is 5.71. The molecule has 0 N–H and O–H groups in total. The summed E-state index contributed by atoms with van der Waals surface area (Å²) < 4.78 is 7.76. The number of carbonyl (C=O) groups excluding carboxylic acids is 1. The Morgan fingerprint density at radius 2 is 2.10 bits per heavy atom. The van der Waals surface area contributed by atoms with Gasteiger partial charge in [-0.3, -0.25) is 4.67 Å². The van der Waals surface area contributed by atoms with Gasteiger partial charge in [-0.2, -0.15) is 0 Å². The largest absolute Gasteiger partial charge is 0.461 e. The molecule has 1 fully saturated rings. The van der Waals surface area contributed by atoms with Gasteiger partial charge in [0.25, 0.3) is 0 Å². The summed E-state index contributed by atoms with van der Waals surface area (Å²) >= 11 is 0. The second kappa shape index (κ2) is 6.07. The number of benzene rings is 1. The van der Waals surface area contributed by atoms with Crippen LogP contribution in [-0.4, -0.2) is 36.0 Å². The molecule has 20 heavy (non-hydrogen) atoms. The number of esters is 1. The van der Waals surface area contributed by atoms with Gasteiger partial charge in [0.05, 0.1) is 0 Å². The lowest BCUT2D eigenvalue weighted by Crippen LogP contribution is -2.52. The van der Waals surface area contributed by atoms with Crippen LogP contribution in [0.25, 0.3) is 0 Å². The number of hydrogen-bond acceptors (Lipinski definition) is 3. The molecule has 2 atom stereocenters. The molecule has 108 valence electrons. The van der Waals surface area contributed by atoms with Crippen LogP contribution in [0.15, 0.2) is 42.5 Å². The molecule has 0 radical (unpaired) electrons. The predicted molar refractivity (Wildman–Crippen MR) is 83.9 cm³/mol. The number of ether oxygens (including phenoxy) is 1. The molecule has 2 rings (SSSR count). The van der Waals surface area contributed by atoms with E-state index in [9.17, 15) is 4.79 Å². The van der Waals surface area contributed by atoms with Crippen molar-refractivity contribution in [3.63, 3.8) is 0 Å². The summed E-state index contributed by atoms with van der Waals surface area (Å²) in [7, 11) is 1.85. The van der Waals surface area contributed by atoms with E-state index in [0.29, 0.717) is 12.2 Å². The zero-order chi connectivity index (χ0) is 14.8. The van der Waals surface area contributed by atoms with Crippen LogP contribution in [0, 0.1) is 0 Å². The molecular weight excluding hydrogens is 269 g/mol. The van der Waals surface area contributed by atoms with Crippen molar-refractivity contribution < 1.29 is 9.53 Å². The monoisotopic (exact) mass is 291 g/mol. The van der Waals surface area contributed by atoms with Crippen molar-refractivity contribution in [3.05, 3.63) is 48.0 Å². The van der Waals surface area contributed by atoms with E-state index in [1.807, 2.05) is 6.07 Å². The van der Waals surface area contributed by atoms with Crippen molar-refractivity contribution in [2.45, 2.75) is 25.2 Å². The van der Waals surface area contributed by atoms with Gasteiger partial charge < -0.3 is 4.74 Å². The standard InChI is InChI=1S/C16H22NO2P/c1-13(2)15(18)19-12-16(3)11-17(4)20(16)10-14-8-6-5-7-9-14/h5-9H,1,10-12H2,2-4H3. The van der Waals surface area contributed by atoms with E-state index in [4.69, 9.17) is 4.74 Å². The van der Waals surface area contributed by atoms with Crippen molar-refractivity contribution in [2.24, 2.45) is 0 Å². The minimum Gasteiger partial charge on any atom is -0.461 e. The SMILES string of the molecule is C=C(C)C(=O)OCC1(C)CN(C)P1Cc1ccccc1. The van der Waals surface area contributed by atoms with Crippen LogP contribution in [0.3, 0.4) is 0 Å². The summed E-state index contributed by atoms with van der Waals surface area (Å²) in [5.41, 5.74) is 1.82. The van der Waals surface area contributed by atoms with Gasteiger partial charge in [0.15, 0.2) is 0 Å². The van der Waals surface area contributed by atoms with E-state index in [2.05, 4.69) is 49.5 Å². The highest BCUT2D eigenvalue weighted by atomic mass is 31.1. The highest BCUT2D eigenvalue weighted by Crippen LogP contribution is 2.63. The van der Waals surface area contributed by atoms with Gasteiger partial charge in [-0.15, -0.1) is 0 Å². The fraction of sp³-hybridized carbons (Fsp3) is 0.438. The summed E-state index contributed by atoms with van der Waals surface area (Å²) in [6, 6.07) is 10.5. The first-order valence-electron chi connectivity index (χ1n) is 6.78. The van der Waals surface area contributed by atoms with Crippen LogP contribution in [0.4, 0.5) is 0 Å². The Labute approximate surface area is 122 Å². The fourth-order valence-corrected chi connectivity index (χ4v) is 5.37. The van der Waals surface area contributed by atoms with Crippen LogP contribution in [0.1, 0.15) is 19.4 Å². The van der Waals surface area contributed by atoms with Gasteiger partial charge in [-0.25, -0.2) is 4.79 Å². The van der Waals surface area contributed by atoms with E-state index in [-0.39, 0.29) is 19.2 Å². The van der Waals surface area contributed by atoms with E-state index in [1.165, 1.54) is 5.56 Å². The molecule has 0 spiro atoms. The van der Waals surface area contributed by atoms with Gasteiger partial charge in [0.2, 0.25) is 0 Å². The maximum Gasteiger partial charge on any atom is 0.333 e. The Bertz CT molecular complexity index is 502. The summed E-state index contributed by atoms with van der Waals surface area (Å²) in [4.78, 5) is 11.5. The van der Waals surface area contributed by atoms with E-state index in [0.717, 1.165) is 12.7 Å². The van der Waals surface area contributed by atoms with Crippen LogP contribution < -0.4 is 0 Å². The number of rotatable bonds is 5. The number of hydrogen-bond donors (Lipinski definition) is 0. The molecule has 0 aromatic heterocycles. The molecule has 0 bridgehead atoms. The van der Waals surface area contributed by atoms with Crippen molar-refractivity contribution in [3.8, 4) is 0 Å². The minimum absolute atomic E-state index is 0.0883. The number of nitrogens with zero attached hydrogens (tertiary/aromatic N) is 1. The molecule has 1 aromatic rings. The quantitative estimate of drug-likeness (QED) is 0.473. The molecule has 3 nitrogen and oxygen atoms in total. The average molecular weight is 291 g/mol. The highest BCUT2D eigenvalue weighted by molar-refractivity contribution is 7.57. The predicted octanol–water partition coefficient (Wildman–Crippen LogP) is 3.41. The highest BCUT2D eigenvalue weighted by Gasteiger charge is 2.47. The first-order valence-corrected chi connectivity index (χ1v) is 8.25. The van der Waals surface area contributed by atoms with Crippen LogP contribution in [0.5, 0.6) is 0 Å². The first-order chi connectivity index (χ1) is 9.42. The fourth-order valence-electron chi connectivity index (χ4n) is 2.53. The molecule has 0 amide bonds. The normalized spacial score (nSPS) is 25.9. The summed E-state index contributed by atoms with van der Waals surface area (Å²) in [5.74, 6) is -0.282. The molecule has 0 saturated carbocycles. The summed E-state index contributed by atoms with van der Waals surface area (Å²) in [5, 5.41) is 0.0883. The van der Waals surface area contributed by atoms with Gasteiger partial charge in [0.1, 0.15) is 6.61 Å². The zero-order valence-electron chi connectivity index (χ0n) is 12.4. The Morgan fingerprint density at radius 3 is 2.65 bits per heavy atom. The summed E-state index contributed by atoms with van der Waals surface area (Å²) in [6.07, 6.45) is 1.05. The molecule has 1 heterocycles. The van der Waals surface area contributed by atoms with Gasteiger partial charge in [-0.05, 0) is 34.5 Å². The van der Waals surface area contributed by atoms with Crippen LogP contribution >= 0.6 is 8.07 Å². The second-order valence-corrected chi connectivity index (χ2v) is 8.59. The number of carbonyl (C=O) groups is 1. The Kier molecular flexibility index (Phi) is 4.62. The Morgan fingerprint density at radius 1 is 1.45 bits per heavy atom. The van der Waals surface area contributed by atoms with Crippen molar-refractivity contribution in [1.29, 1.82) is 0 Å². The lowest BCUT2D eigenvalue weighted by atomic mass is 10.2. The molecule has 2 unspecified atom stereocenters. The van der Waals surface area contributed by atoms with Gasteiger partial charge in [-0.1, -0.05) is 36.9 Å². The lowest BCUT2D eigenvalue weighted by Gasteiger charge is -2.54.